The number of rotatable bonds is 2. The normalized spacial score (nSPS) is 15.4. The van der Waals surface area contributed by atoms with E-state index in [-0.39, 0.29) is 0 Å². The summed E-state index contributed by atoms with van der Waals surface area (Å²) in [6, 6.07) is 8.21. The second-order valence-corrected chi connectivity index (χ2v) is 5.24. The van der Waals surface area contributed by atoms with Crippen LogP contribution < -0.4 is 5.32 Å². The number of hydrogen-bond acceptors (Lipinski definition) is 4. The summed E-state index contributed by atoms with van der Waals surface area (Å²) in [5, 5.41) is 3.27. The van der Waals surface area contributed by atoms with Crippen molar-refractivity contribution in [3.05, 3.63) is 42.1 Å². The summed E-state index contributed by atoms with van der Waals surface area (Å²) >= 11 is 0. The molecule has 3 aromatic rings. The Morgan fingerprint density at radius 1 is 1.15 bits per heavy atom. The van der Waals surface area contributed by atoms with Gasteiger partial charge >= 0.3 is 0 Å². The van der Waals surface area contributed by atoms with Crippen LogP contribution in [0.2, 0.25) is 0 Å². The molecule has 1 aliphatic heterocycles. The zero-order valence-corrected chi connectivity index (χ0v) is 11.2. The van der Waals surface area contributed by atoms with Crippen LogP contribution in [-0.4, -0.2) is 33.0 Å². The van der Waals surface area contributed by atoms with E-state index in [1.165, 1.54) is 0 Å². The lowest BCUT2D eigenvalue weighted by Crippen LogP contribution is -2.41. The predicted molar refractivity (Wildman–Crippen MR) is 77.5 cm³/mol. The first-order chi connectivity index (χ1) is 9.79. The second-order valence-electron chi connectivity index (χ2n) is 5.24. The summed E-state index contributed by atoms with van der Waals surface area (Å²) in [5.41, 5.74) is 5.10. The standard InChI is InChI=1S/C15H15N5/c1-9-4-13(20-15(19-9)11-6-16-7-11)10-2-3-12-14(5-10)18-8-17-12/h2-5,8,11,16H,6-7H2,1H3,(H,17,18). The first kappa shape index (κ1) is 11.5. The number of aromatic amines is 1. The molecular formula is C15H15N5. The Morgan fingerprint density at radius 3 is 2.85 bits per heavy atom. The van der Waals surface area contributed by atoms with Crippen molar-refractivity contribution in [2.24, 2.45) is 0 Å². The average molecular weight is 265 g/mol. The Labute approximate surface area is 116 Å². The number of aromatic nitrogens is 4. The largest absolute Gasteiger partial charge is 0.345 e. The number of aryl methyl sites for hydroxylation is 1. The quantitative estimate of drug-likeness (QED) is 0.744. The third kappa shape index (κ3) is 1.87. The number of nitrogens with zero attached hydrogens (tertiary/aromatic N) is 3. The van der Waals surface area contributed by atoms with Crippen molar-refractivity contribution in [3.63, 3.8) is 0 Å². The van der Waals surface area contributed by atoms with Gasteiger partial charge in [-0.2, -0.15) is 0 Å². The van der Waals surface area contributed by atoms with E-state index in [1.807, 2.05) is 19.1 Å². The SMILES string of the molecule is Cc1cc(-c2ccc3nc[nH]c3c2)nc(C2CNC2)n1. The minimum atomic E-state index is 0.449. The molecular weight excluding hydrogens is 250 g/mol. The van der Waals surface area contributed by atoms with E-state index in [1.54, 1.807) is 6.33 Å². The molecule has 100 valence electrons. The summed E-state index contributed by atoms with van der Waals surface area (Å²) in [5.74, 6) is 1.40. The van der Waals surface area contributed by atoms with Gasteiger partial charge in [-0.25, -0.2) is 15.0 Å². The molecule has 20 heavy (non-hydrogen) atoms. The van der Waals surface area contributed by atoms with E-state index < -0.39 is 0 Å². The fourth-order valence-corrected chi connectivity index (χ4v) is 2.49. The molecule has 0 amide bonds. The zero-order valence-electron chi connectivity index (χ0n) is 11.2. The highest BCUT2D eigenvalue weighted by Gasteiger charge is 2.22. The van der Waals surface area contributed by atoms with Crippen molar-refractivity contribution in [1.29, 1.82) is 0 Å². The molecule has 1 aliphatic rings. The first-order valence-corrected chi connectivity index (χ1v) is 6.79. The molecule has 0 atom stereocenters. The van der Waals surface area contributed by atoms with Crippen molar-refractivity contribution >= 4 is 11.0 Å². The Hall–Kier alpha value is -2.27. The van der Waals surface area contributed by atoms with Gasteiger partial charge in [0.1, 0.15) is 5.82 Å². The van der Waals surface area contributed by atoms with Crippen molar-refractivity contribution in [2.45, 2.75) is 12.8 Å². The number of benzene rings is 1. The highest BCUT2D eigenvalue weighted by Crippen LogP contribution is 2.24. The van der Waals surface area contributed by atoms with E-state index in [0.29, 0.717) is 5.92 Å². The lowest BCUT2D eigenvalue weighted by molar-refractivity contribution is 0.429. The summed E-state index contributed by atoms with van der Waals surface area (Å²) in [6.07, 6.45) is 1.71. The molecule has 5 heteroatoms. The molecule has 0 saturated carbocycles. The van der Waals surface area contributed by atoms with Gasteiger partial charge in [0, 0.05) is 30.3 Å². The topological polar surface area (TPSA) is 66.5 Å². The third-order valence-corrected chi connectivity index (χ3v) is 3.73. The second kappa shape index (κ2) is 4.38. The van der Waals surface area contributed by atoms with Crippen molar-refractivity contribution in [1.82, 2.24) is 25.3 Å². The highest BCUT2D eigenvalue weighted by atomic mass is 15.0. The molecule has 5 nitrogen and oxygen atoms in total. The molecule has 4 rings (SSSR count). The van der Waals surface area contributed by atoms with Crippen LogP contribution in [0.3, 0.4) is 0 Å². The predicted octanol–water partition coefficient (Wildman–Crippen LogP) is 2.02. The fraction of sp³-hybridized carbons (Fsp3) is 0.267. The maximum absolute atomic E-state index is 4.73. The van der Waals surface area contributed by atoms with Gasteiger partial charge < -0.3 is 10.3 Å². The van der Waals surface area contributed by atoms with E-state index in [4.69, 9.17) is 4.98 Å². The van der Waals surface area contributed by atoms with Crippen molar-refractivity contribution in [3.8, 4) is 11.3 Å². The summed E-state index contributed by atoms with van der Waals surface area (Å²) in [7, 11) is 0. The van der Waals surface area contributed by atoms with Crippen molar-refractivity contribution < 1.29 is 0 Å². The van der Waals surface area contributed by atoms with Crippen LogP contribution in [0.1, 0.15) is 17.4 Å². The molecule has 2 N–H and O–H groups in total. The first-order valence-electron chi connectivity index (χ1n) is 6.79. The molecule has 0 unspecified atom stereocenters. The van der Waals surface area contributed by atoms with Gasteiger partial charge in [0.05, 0.1) is 23.1 Å². The van der Waals surface area contributed by atoms with Gasteiger partial charge in [0.25, 0.3) is 0 Å². The lowest BCUT2D eigenvalue weighted by atomic mass is 10.0. The maximum Gasteiger partial charge on any atom is 0.134 e. The van der Waals surface area contributed by atoms with E-state index in [0.717, 1.165) is 46.9 Å². The maximum atomic E-state index is 4.73. The van der Waals surface area contributed by atoms with E-state index >= 15 is 0 Å². The minimum absolute atomic E-state index is 0.449. The van der Waals surface area contributed by atoms with E-state index in [2.05, 4.69) is 32.4 Å². The number of hydrogen-bond donors (Lipinski definition) is 2. The molecule has 1 aromatic carbocycles. The molecule has 0 radical (unpaired) electrons. The van der Waals surface area contributed by atoms with Gasteiger partial charge in [-0.3, -0.25) is 0 Å². The van der Waals surface area contributed by atoms with Gasteiger partial charge in [-0.05, 0) is 25.1 Å². The van der Waals surface area contributed by atoms with Crippen molar-refractivity contribution in [2.75, 3.05) is 13.1 Å². The summed E-state index contributed by atoms with van der Waals surface area (Å²) in [6.45, 7) is 3.97. The molecule has 1 fully saturated rings. The van der Waals surface area contributed by atoms with Crippen LogP contribution in [-0.2, 0) is 0 Å². The van der Waals surface area contributed by atoms with Gasteiger partial charge in [0.2, 0.25) is 0 Å². The minimum Gasteiger partial charge on any atom is -0.345 e. The zero-order chi connectivity index (χ0) is 13.5. The van der Waals surface area contributed by atoms with Crippen LogP contribution >= 0.6 is 0 Å². The van der Waals surface area contributed by atoms with Crippen LogP contribution in [0.25, 0.3) is 22.3 Å². The number of fused-ring (bicyclic) bond motifs is 1. The number of nitrogens with one attached hydrogen (secondary N) is 2. The molecule has 3 heterocycles. The molecule has 1 saturated heterocycles. The Morgan fingerprint density at radius 2 is 2.05 bits per heavy atom. The van der Waals surface area contributed by atoms with Crippen LogP contribution in [0, 0.1) is 6.92 Å². The smallest absolute Gasteiger partial charge is 0.134 e. The Kier molecular flexibility index (Phi) is 2.53. The highest BCUT2D eigenvalue weighted by molar-refractivity contribution is 5.80. The Bertz CT molecular complexity index is 773. The summed E-state index contributed by atoms with van der Waals surface area (Å²) < 4.78 is 0. The third-order valence-electron chi connectivity index (χ3n) is 3.73. The van der Waals surface area contributed by atoms with Gasteiger partial charge in [-0.15, -0.1) is 0 Å². The molecule has 2 aromatic heterocycles. The average Bonchev–Trinajstić information content (AvgIpc) is 2.83. The summed E-state index contributed by atoms with van der Waals surface area (Å²) in [4.78, 5) is 16.7. The van der Waals surface area contributed by atoms with Crippen LogP contribution in [0.5, 0.6) is 0 Å². The molecule has 0 aliphatic carbocycles. The van der Waals surface area contributed by atoms with E-state index in [9.17, 15) is 0 Å². The monoisotopic (exact) mass is 265 g/mol. The Balaban J connectivity index is 1.81. The van der Waals surface area contributed by atoms with Gasteiger partial charge in [0.15, 0.2) is 0 Å². The number of imidazole rings is 1. The van der Waals surface area contributed by atoms with Gasteiger partial charge in [-0.1, -0.05) is 6.07 Å². The molecule has 0 bridgehead atoms. The fourth-order valence-electron chi connectivity index (χ4n) is 2.49. The van der Waals surface area contributed by atoms with Crippen LogP contribution in [0.4, 0.5) is 0 Å². The van der Waals surface area contributed by atoms with Crippen LogP contribution in [0.15, 0.2) is 30.6 Å². The lowest BCUT2D eigenvalue weighted by Gasteiger charge is -2.26. The molecule has 0 spiro atoms. The number of H-pyrrole nitrogens is 1.